The molecule has 19 heavy (non-hydrogen) atoms. The zero-order valence-electron chi connectivity index (χ0n) is 11.1. The molecule has 1 aromatic carbocycles. The molecule has 0 spiro atoms. The SMILES string of the molecule is CC(C)(C#N)CNCc1ccc2c(c1)NC(=O)CO2. The van der Waals surface area contributed by atoms with Crippen molar-refractivity contribution in [3.8, 4) is 11.8 Å². The van der Waals surface area contributed by atoms with Crippen LogP contribution >= 0.6 is 0 Å². The van der Waals surface area contributed by atoms with Crippen LogP contribution in [-0.2, 0) is 11.3 Å². The first-order chi connectivity index (χ1) is 9.00. The number of benzene rings is 1. The maximum atomic E-state index is 11.2. The van der Waals surface area contributed by atoms with E-state index in [-0.39, 0.29) is 17.9 Å². The molecule has 2 rings (SSSR count). The molecule has 1 heterocycles. The van der Waals surface area contributed by atoms with E-state index in [1.807, 2.05) is 32.0 Å². The number of rotatable bonds is 4. The van der Waals surface area contributed by atoms with E-state index < -0.39 is 0 Å². The van der Waals surface area contributed by atoms with Crippen LogP contribution in [0.5, 0.6) is 5.75 Å². The summed E-state index contributed by atoms with van der Waals surface area (Å²) in [5.41, 5.74) is 1.36. The second-order valence-electron chi connectivity index (χ2n) is 5.27. The lowest BCUT2D eigenvalue weighted by Crippen LogP contribution is -2.28. The molecule has 2 N–H and O–H groups in total. The van der Waals surface area contributed by atoms with Crippen LogP contribution in [0.1, 0.15) is 19.4 Å². The van der Waals surface area contributed by atoms with Crippen molar-refractivity contribution in [3.63, 3.8) is 0 Å². The Morgan fingerprint density at radius 2 is 2.32 bits per heavy atom. The van der Waals surface area contributed by atoms with Gasteiger partial charge in [-0.25, -0.2) is 0 Å². The van der Waals surface area contributed by atoms with Crippen molar-refractivity contribution in [2.75, 3.05) is 18.5 Å². The van der Waals surface area contributed by atoms with Crippen LogP contribution in [0.4, 0.5) is 5.69 Å². The van der Waals surface area contributed by atoms with Gasteiger partial charge in [-0.15, -0.1) is 0 Å². The Bertz CT molecular complexity index is 532. The zero-order chi connectivity index (χ0) is 13.9. The third-order valence-corrected chi connectivity index (χ3v) is 2.88. The van der Waals surface area contributed by atoms with Crippen molar-refractivity contribution in [1.82, 2.24) is 5.32 Å². The predicted octanol–water partition coefficient (Wildman–Crippen LogP) is 1.66. The monoisotopic (exact) mass is 259 g/mol. The Morgan fingerprint density at radius 3 is 3.05 bits per heavy atom. The lowest BCUT2D eigenvalue weighted by Gasteiger charge is -2.19. The molecule has 0 aromatic heterocycles. The predicted molar refractivity (Wildman–Crippen MR) is 71.7 cm³/mol. The van der Waals surface area contributed by atoms with Gasteiger partial charge in [0.2, 0.25) is 0 Å². The summed E-state index contributed by atoms with van der Waals surface area (Å²) in [5.74, 6) is 0.559. The summed E-state index contributed by atoms with van der Waals surface area (Å²) in [6, 6.07) is 7.93. The van der Waals surface area contributed by atoms with Gasteiger partial charge in [0, 0.05) is 13.1 Å². The van der Waals surface area contributed by atoms with Gasteiger partial charge >= 0.3 is 0 Å². The molecular formula is C14H17N3O2. The minimum atomic E-state index is -0.383. The number of nitriles is 1. The molecule has 0 radical (unpaired) electrons. The summed E-state index contributed by atoms with van der Waals surface area (Å²) in [6.07, 6.45) is 0. The number of carbonyl (C=O) groups excluding carboxylic acids is 1. The average Bonchev–Trinajstić information content (AvgIpc) is 2.38. The fourth-order valence-corrected chi connectivity index (χ4v) is 1.80. The average molecular weight is 259 g/mol. The summed E-state index contributed by atoms with van der Waals surface area (Å²) in [5, 5.41) is 14.9. The zero-order valence-corrected chi connectivity index (χ0v) is 11.1. The van der Waals surface area contributed by atoms with E-state index in [1.165, 1.54) is 0 Å². The van der Waals surface area contributed by atoms with Crippen LogP contribution < -0.4 is 15.4 Å². The number of fused-ring (bicyclic) bond motifs is 1. The number of carbonyl (C=O) groups is 1. The van der Waals surface area contributed by atoms with Crippen LogP contribution in [0.25, 0.3) is 0 Å². The van der Waals surface area contributed by atoms with Gasteiger partial charge in [-0.3, -0.25) is 4.79 Å². The summed E-state index contributed by atoms with van der Waals surface area (Å²) in [7, 11) is 0. The molecule has 0 unspecified atom stereocenters. The van der Waals surface area contributed by atoms with Gasteiger partial charge in [0.15, 0.2) is 6.61 Å². The van der Waals surface area contributed by atoms with E-state index in [2.05, 4.69) is 16.7 Å². The number of ether oxygens (including phenoxy) is 1. The highest BCUT2D eigenvalue weighted by molar-refractivity contribution is 5.95. The van der Waals surface area contributed by atoms with Crippen molar-refractivity contribution < 1.29 is 9.53 Å². The van der Waals surface area contributed by atoms with E-state index in [0.717, 1.165) is 5.56 Å². The van der Waals surface area contributed by atoms with Crippen molar-refractivity contribution in [1.29, 1.82) is 5.26 Å². The Balaban J connectivity index is 1.97. The first-order valence-electron chi connectivity index (χ1n) is 6.18. The molecule has 100 valence electrons. The van der Waals surface area contributed by atoms with Crippen molar-refractivity contribution in [2.45, 2.75) is 20.4 Å². The number of anilines is 1. The van der Waals surface area contributed by atoms with Gasteiger partial charge in [0.1, 0.15) is 5.75 Å². The summed E-state index contributed by atoms with van der Waals surface area (Å²) in [6.45, 7) is 5.11. The molecule has 1 aliphatic rings. The highest BCUT2D eigenvalue weighted by Crippen LogP contribution is 2.28. The first-order valence-corrected chi connectivity index (χ1v) is 6.18. The normalized spacial score (nSPS) is 14.1. The second-order valence-corrected chi connectivity index (χ2v) is 5.27. The molecule has 5 nitrogen and oxygen atoms in total. The topological polar surface area (TPSA) is 74.2 Å². The van der Waals surface area contributed by atoms with Crippen molar-refractivity contribution in [3.05, 3.63) is 23.8 Å². The van der Waals surface area contributed by atoms with Crippen molar-refractivity contribution in [2.24, 2.45) is 5.41 Å². The second kappa shape index (κ2) is 5.29. The number of amides is 1. The summed E-state index contributed by atoms with van der Waals surface area (Å²) < 4.78 is 5.29. The fourth-order valence-electron chi connectivity index (χ4n) is 1.80. The van der Waals surface area contributed by atoms with Gasteiger partial charge in [-0.05, 0) is 31.5 Å². The minimum absolute atomic E-state index is 0.0704. The van der Waals surface area contributed by atoms with Gasteiger partial charge in [-0.2, -0.15) is 5.26 Å². The molecule has 0 fully saturated rings. The van der Waals surface area contributed by atoms with E-state index in [0.29, 0.717) is 24.5 Å². The Morgan fingerprint density at radius 1 is 1.53 bits per heavy atom. The summed E-state index contributed by atoms with van der Waals surface area (Å²) >= 11 is 0. The van der Waals surface area contributed by atoms with E-state index in [1.54, 1.807) is 0 Å². The highest BCUT2D eigenvalue weighted by atomic mass is 16.5. The smallest absolute Gasteiger partial charge is 0.262 e. The van der Waals surface area contributed by atoms with Gasteiger partial charge in [-0.1, -0.05) is 6.07 Å². The van der Waals surface area contributed by atoms with Crippen LogP contribution in [0, 0.1) is 16.7 Å². The van der Waals surface area contributed by atoms with Gasteiger partial charge in [0.05, 0.1) is 17.2 Å². The molecule has 5 heteroatoms. The lowest BCUT2D eigenvalue weighted by molar-refractivity contribution is -0.118. The fraction of sp³-hybridized carbons (Fsp3) is 0.429. The van der Waals surface area contributed by atoms with Crippen molar-refractivity contribution >= 4 is 11.6 Å². The third kappa shape index (κ3) is 3.46. The molecule has 0 atom stereocenters. The molecule has 0 saturated heterocycles. The third-order valence-electron chi connectivity index (χ3n) is 2.88. The van der Waals surface area contributed by atoms with Crippen LogP contribution in [0.15, 0.2) is 18.2 Å². The molecular weight excluding hydrogens is 242 g/mol. The quantitative estimate of drug-likeness (QED) is 0.862. The van der Waals surface area contributed by atoms with Gasteiger partial charge in [0.25, 0.3) is 5.91 Å². The van der Waals surface area contributed by atoms with Crippen LogP contribution in [0.3, 0.4) is 0 Å². The molecule has 0 saturated carbocycles. The van der Waals surface area contributed by atoms with E-state index in [4.69, 9.17) is 10.00 Å². The van der Waals surface area contributed by atoms with E-state index in [9.17, 15) is 4.79 Å². The highest BCUT2D eigenvalue weighted by Gasteiger charge is 2.17. The minimum Gasteiger partial charge on any atom is -0.482 e. The number of nitrogens with zero attached hydrogens (tertiary/aromatic N) is 1. The maximum absolute atomic E-state index is 11.2. The first kappa shape index (κ1) is 13.4. The van der Waals surface area contributed by atoms with Crippen LogP contribution in [0.2, 0.25) is 0 Å². The summed E-state index contributed by atoms with van der Waals surface area (Å²) in [4.78, 5) is 11.2. The number of nitrogens with one attached hydrogen (secondary N) is 2. The molecule has 1 aromatic rings. The Hall–Kier alpha value is -2.06. The standard InChI is InChI=1S/C14H17N3O2/c1-14(2,8-15)9-16-6-10-3-4-12-11(5-10)17-13(18)7-19-12/h3-5,16H,6-7,9H2,1-2H3,(H,17,18). The Kier molecular flexibility index (Phi) is 3.72. The van der Waals surface area contributed by atoms with Crippen LogP contribution in [-0.4, -0.2) is 19.1 Å². The molecule has 1 amide bonds. The molecule has 0 aliphatic carbocycles. The molecule has 1 aliphatic heterocycles. The molecule has 0 bridgehead atoms. The maximum Gasteiger partial charge on any atom is 0.262 e. The largest absolute Gasteiger partial charge is 0.482 e. The lowest BCUT2D eigenvalue weighted by atomic mass is 9.96. The Labute approximate surface area is 112 Å². The van der Waals surface area contributed by atoms with E-state index >= 15 is 0 Å². The van der Waals surface area contributed by atoms with Gasteiger partial charge < -0.3 is 15.4 Å². The number of hydrogen-bond acceptors (Lipinski definition) is 4. The number of hydrogen-bond donors (Lipinski definition) is 2.